The van der Waals surface area contributed by atoms with Crippen LogP contribution in [-0.2, 0) is 11.2 Å². The molecule has 124 valence electrons. The number of carbonyl (C=O) groups is 1. The van der Waals surface area contributed by atoms with Crippen LogP contribution in [0.2, 0.25) is 0 Å². The number of aromatic nitrogens is 3. The highest BCUT2D eigenvalue weighted by Crippen LogP contribution is 2.33. The number of hydrogen-bond acceptors (Lipinski definition) is 4. The molecule has 5 nitrogen and oxygen atoms in total. The van der Waals surface area contributed by atoms with Crippen LogP contribution in [0, 0.1) is 12.8 Å². The van der Waals surface area contributed by atoms with Gasteiger partial charge < -0.3 is 0 Å². The summed E-state index contributed by atoms with van der Waals surface area (Å²) < 4.78 is 0. The van der Waals surface area contributed by atoms with Crippen molar-refractivity contribution in [2.45, 2.75) is 45.4 Å². The predicted octanol–water partition coefficient (Wildman–Crippen LogP) is 3.32. The molecule has 3 heterocycles. The second-order valence-corrected chi connectivity index (χ2v) is 6.86. The first kappa shape index (κ1) is 15.2. The summed E-state index contributed by atoms with van der Waals surface area (Å²) in [5.41, 5.74) is 2.84. The van der Waals surface area contributed by atoms with E-state index in [1.54, 1.807) is 12.4 Å². The molecule has 4 rings (SSSR count). The molecule has 2 aromatic heterocycles. The van der Waals surface area contributed by atoms with E-state index in [1.807, 2.05) is 24.0 Å². The fourth-order valence-corrected chi connectivity index (χ4v) is 3.82. The predicted molar refractivity (Wildman–Crippen MR) is 92.6 cm³/mol. The average Bonchev–Trinajstić information content (AvgIpc) is 2.93. The van der Waals surface area contributed by atoms with Crippen molar-refractivity contribution >= 4 is 11.7 Å². The van der Waals surface area contributed by atoms with Gasteiger partial charge in [0.1, 0.15) is 5.82 Å². The zero-order valence-corrected chi connectivity index (χ0v) is 14.0. The van der Waals surface area contributed by atoms with E-state index in [9.17, 15) is 4.79 Å². The molecular formula is C19H22N4O. The molecule has 24 heavy (non-hydrogen) atoms. The molecule has 0 spiro atoms. The lowest BCUT2D eigenvalue weighted by atomic mass is 9.89. The number of hydrogen-bond donors (Lipinski definition) is 0. The Morgan fingerprint density at radius 2 is 1.88 bits per heavy atom. The molecule has 0 bridgehead atoms. The molecule has 2 aliphatic rings. The number of pyridine rings is 1. The topological polar surface area (TPSA) is 59.0 Å². The third-order valence-corrected chi connectivity index (χ3v) is 5.18. The van der Waals surface area contributed by atoms with Crippen molar-refractivity contribution < 1.29 is 4.79 Å². The van der Waals surface area contributed by atoms with E-state index < -0.39 is 0 Å². The summed E-state index contributed by atoms with van der Waals surface area (Å²) in [6.45, 7) is 2.78. The minimum absolute atomic E-state index is 0.167. The smallest absolute Gasteiger partial charge is 0.232 e. The van der Waals surface area contributed by atoms with Gasteiger partial charge in [0.25, 0.3) is 0 Å². The molecule has 0 aromatic carbocycles. The number of rotatable bonds is 3. The Morgan fingerprint density at radius 3 is 2.62 bits per heavy atom. The first-order valence-corrected chi connectivity index (χ1v) is 8.80. The Labute approximate surface area is 142 Å². The Morgan fingerprint density at radius 1 is 1.12 bits per heavy atom. The van der Waals surface area contributed by atoms with Gasteiger partial charge in [0.2, 0.25) is 5.91 Å². The van der Waals surface area contributed by atoms with E-state index >= 15 is 0 Å². The van der Waals surface area contributed by atoms with Gasteiger partial charge in [-0.05, 0) is 37.8 Å². The monoisotopic (exact) mass is 322 g/mol. The highest BCUT2D eigenvalue weighted by atomic mass is 16.2. The van der Waals surface area contributed by atoms with E-state index in [4.69, 9.17) is 4.98 Å². The van der Waals surface area contributed by atoms with Gasteiger partial charge >= 0.3 is 0 Å². The molecule has 0 N–H and O–H groups in total. The lowest BCUT2D eigenvalue weighted by Crippen LogP contribution is -2.33. The summed E-state index contributed by atoms with van der Waals surface area (Å²) in [4.78, 5) is 27.9. The van der Waals surface area contributed by atoms with Crippen molar-refractivity contribution in [2.75, 3.05) is 11.4 Å². The molecule has 0 atom stereocenters. The van der Waals surface area contributed by atoms with Crippen LogP contribution in [0.5, 0.6) is 0 Å². The lowest BCUT2D eigenvalue weighted by molar-refractivity contribution is -0.117. The second kappa shape index (κ2) is 6.30. The second-order valence-electron chi connectivity index (χ2n) is 6.86. The fraction of sp³-hybridized carbons (Fsp3) is 0.474. The van der Waals surface area contributed by atoms with Crippen molar-refractivity contribution in [1.82, 2.24) is 15.0 Å². The maximum absolute atomic E-state index is 12.6. The maximum atomic E-state index is 12.6. The van der Waals surface area contributed by atoms with Crippen LogP contribution >= 0.6 is 0 Å². The average molecular weight is 322 g/mol. The van der Waals surface area contributed by atoms with Gasteiger partial charge in [-0.3, -0.25) is 14.7 Å². The third kappa shape index (κ3) is 2.79. The minimum Gasteiger partial charge on any atom is -0.296 e. The molecule has 0 radical (unpaired) electrons. The molecular weight excluding hydrogens is 300 g/mol. The Hall–Kier alpha value is -2.30. The van der Waals surface area contributed by atoms with Crippen molar-refractivity contribution in [3.63, 3.8) is 0 Å². The zero-order chi connectivity index (χ0) is 16.5. The van der Waals surface area contributed by atoms with Crippen LogP contribution in [0.4, 0.5) is 5.82 Å². The van der Waals surface area contributed by atoms with E-state index in [0.29, 0.717) is 18.2 Å². The van der Waals surface area contributed by atoms with Crippen molar-refractivity contribution in [1.29, 1.82) is 0 Å². The van der Waals surface area contributed by atoms with E-state index in [2.05, 4.69) is 9.97 Å². The molecule has 1 aliphatic carbocycles. The van der Waals surface area contributed by atoms with Crippen LogP contribution in [0.25, 0.3) is 11.4 Å². The maximum Gasteiger partial charge on any atom is 0.232 e. The van der Waals surface area contributed by atoms with Crippen molar-refractivity contribution in [2.24, 2.45) is 5.92 Å². The summed E-state index contributed by atoms with van der Waals surface area (Å²) in [5.74, 6) is 2.27. The number of fused-ring (bicyclic) bond motifs is 1. The van der Waals surface area contributed by atoms with Gasteiger partial charge in [-0.25, -0.2) is 9.97 Å². The van der Waals surface area contributed by atoms with Gasteiger partial charge in [0, 0.05) is 35.8 Å². The number of carbonyl (C=O) groups excluding carboxylic acids is 1. The van der Waals surface area contributed by atoms with Crippen LogP contribution < -0.4 is 4.90 Å². The van der Waals surface area contributed by atoms with Gasteiger partial charge in [0.15, 0.2) is 5.82 Å². The van der Waals surface area contributed by atoms with Crippen molar-refractivity contribution in [3.05, 3.63) is 35.8 Å². The number of nitrogens with zero attached hydrogens (tertiary/aromatic N) is 4. The highest BCUT2D eigenvalue weighted by Gasteiger charge is 2.33. The first-order chi connectivity index (χ1) is 11.7. The van der Waals surface area contributed by atoms with Gasteiger partial charge in [0.05, 0.1) is 6.42 Å². The summed E-state index contributed by atoms with van der Waals surface area (Å²) in [6.07, 6.45) is 10.3. The number of amides is 1. The van der Waals surface area contributed by atoms with E-state index in [0.717, 1.165) is 29.2 Å². The van der Waals surface area contributed by atoms with E-state index in [-0.39, 0.29) is 5.91 Å². The molecule has 1 saturated carbocycles. The van der Waals surface area contributed by atoms with Crippen LogP contribution in [-0.4, -0.2) is 27.4 Å². The normalized spacial score (nSPS) is 18.0. The van der Waals surface area contributed by atoms with Gasteiger partial charge in [-0.15, -0.1) is 0 Å². The SMILES string of the molecule is Cc1nc(-c2ccncc2)nc2c1CC(=O)N2CC1CCCCC1. The summed E-state index contributed by atoms with van der Waals surface area (Å²) in [7, 11) is 0. The molecule has 1 aliphatic heterocycles. The van der Waals surface area contributed by atoms with Crippen LogP contribution in [0.15, 0.2) is 24.5 Å². The van der Waals surface area contributed by atoms with E-state index in [1.165, 1.54) is 32.1 Å². The standard InChI is InChI=1S/C19H22N4O/c1-13-16-11-17(24)23(12-14-5-3-2-4-6-14)19(16)22-18(21-13)15-7-9-20-10-8-15/h7-10,14H,2-6,11-12H2,1H3. The Bertz CT molecular complexity index is 753. The number of aryl methyl sites for hydroxylation is 1. The van der Waals surface area contributed by atoms with Gasteiger partial charge in [-0.1, -0.05) is 19.3 Å². The quantitative estimate of drug-likeness (QED) is 0.870. The van der Waals surface area contributed by atoms with Gasteiger partial charge in [-0.2, -0.15) is 0 Å². The summed E-state index contributed by atoms with van der Waals surface area (Å²) in [6, 6.07) is 3.81. The lowest BCUT2D eigenvalue weighted by Gasteiger charge is -2.27. The molecule has 1 amide bonds. The molecule has 5 heteroatoms. The van der Waals surface area contributed by atoms with Crippen LogP contribution in [0.1, 0.15) is 43.4 Å². The minimum atomic E-state index is 0.167. The fourth-order valence-electron chi connectivity index (χ4n) is 3.82. The molecule has 0 saturated heterocycles. The molecule has 0 unspecified atom stereocenters. The largest absolute Gasteiger partial charge is 0.296 e. The first-order valence-electron chi connectivity index (χ1n) is 8.80. The van der Waals surface area contributed by atoms with Crippen LogP contribution in [0.3, 0.4) is 0 Å². The van der Waals surface area contributed by atoms with Crippen molar-refractivity contribution in [3.8, 4) is 11.4 Å². The highest BCUT2D eigenvalue weighted by molar-refractivity contribution is 6.00. The molecule has 2 aromatic rings. The summed E-state index contributed by atoms with van der Waals surface area (Å²) >= 11 is 0. The number of anilines is 1. The Kier molecular flexibility index (Phi) is 4.00. The summed E-state index contributed by atoms with van der Waals surface area (Å²) in [5, 5.41) is 0. The Balaban J connectivity index is 1.68. The molecule has 1 fully saturated rings. The third-order valence-electron chi connectivity index (χ3n) is 5.18. The zero-order valence-electron chi connectivity index (χ0n) is 14.0.